The molecule has 0 saturated carbocycles. The lowest BCUT2D eigenvalue weighted by Crippen LogP contribution is -2.43. The van der Waals surface area contributed by atoms with Crippen molar-refractivity contribution in [3.8, 4) is 0 Å². The maximum absolute atomic E-state index is 11.3. The molecule has 0 spiro atoms. The number of thiocarbonyl (C=S) groups is 1. The lowest BCUT2D eigenvalue weighted by Gasteiger charge is -2.23. The van der Waals surface area contributed by atoms with Crippen LogP contribution in [0.15, 0.2) is 0 Å². The third-order valence-corrected chi connectivity index (χ3v) is 2.53. The second-order valence-electron chi connectivity index (χ2n) is 2.52. The van der Waals surface area contributed by atoms with E-state index >= 15 is 0 Å². The highest BCUT2D eigenvalue weighted by Gasteiger charge is 2.16. The van der Waals surface area contributed by atoms with Gasteiger partial charge >= 0.3 is 0 Å². The highest BCUT2D eigenvalue weighted by molar-refractivity contribution is 7.99. The first-order valence-electron chi connectivity index (χ1n) is 3.54. The summed E-state index contributed by atoms with van der Waals surface area (Å²) in [4.78, 5) is 13.2. The minimum Gasteiger partial charge on any atom is -0.392 e. The molecule has 0 aromatic rings. The summed E-state index contributed by atoms with van der Waals surface area (Å²) < 4.78 is 0. The molecule has 5 heteroatoms. The Morgan fingerprint density at radius 1 is 1.75 bits per heavy atom. The van der Waals surface area contributed by atoms with Gasteiger partial charge in [-0.15, -0.1) is 0 Å². The Labute approximate surface area is 82.7 Å². The van der Waals surface area contributed by atoms with E-state index in [1.54, 1.807) is 11.9 Å². The zero-order valence-corrected chi connectivity index (χ0v) is 9.17. The van der Waals surface area contributed by atoms with Gasteiger partial charge < -0.3 is 10.6 Å². The molecule has 0 aromatic carbocycles. The molecule has 0 fully saturated rings. The van der Waals surface area contributed by atoms with Crippen LogP contribution >= 0.6 is 24.0 Å². The van der Waals surface area contributed by atoms with E-state index in [-0.39, 0.29) is 11.9 Å². The van der Waals surface area contributed by atoms with Crippen LogP contribution in [0.25, 0.3) is 0 Å². The Hall–Kier alpha value is -0.290. The topological polar surface area (TPSA) is 46.3 Å². The van der Waals surface area contributed by atoms with Gasteiger partial charge in [-0.25, -0.2) is 0 Å². The molecule has 0 bridgehead atoms. The summed E-state index contributed by atoms with van der Waals surface area (Å²) in [5.74, 6) is 0.534. The molecule has 3 nitrogen and oxygen atoms in total. The van der Waals surface area contributed by atoms with E-state index in [1.165, 1.54) is 11.8 Å². The molecular formula is C7H14N2OS2. The molecule has 1 unspecified atom stereocenters. The van der Waals surface area contributed by atoms with E-state index in [2.05, 4.69) is 0 Å². The number of hydrogen-bond acceptors (Lipinski definition) is 3. The zero-order valence-electron chi connectivity index (χ0n) is 7.53. The van der Waals surface area contributed by atoms with Gasteiger partial charge in [0.05, 0.1) is 16.8 Å². The molecule has 0 rings (SSSR count). The molecule has 12 heavy (non-hydrogen) atoms. The van der Waals surface area contributed by atoms with Crippen molar-refractivity contribution in [2.75, 3.05) is 19.1 Å². The van der Waals surface area contributed by atoms with Gasteiger partial charge in [-0.05, 0) is 13.2 Å². The fourth-order valence-corrected chi connectivity index (χ4v) is 1.24. The van der Waals surface area contributed by atoms with E-state index in [0.29, 0.717) is 10.7 Å². The quantitative estimate of drug-likeness (QED) is 0.680. The van der Waals surface area contributed by atoms with Crippen LogP contribution in [0, 0.1) is 0 Å². The number of rotatable bonds is 4. The first kappa shape index (κ1) is 11.7. The molecule has 0 heterocycles. The number of carbonyl (C=O) groups is 1. The molecule has 70 valence electrons. The standard InChI is InChI=1S/C7H14N2OS2/c1-5(7(8)11)9(2)6(10)4-12-3/h5H,4H2,1-3H3,(H2,8,11). The highest BCUT2D eigenvalue weighted by Crippen LogP contribution is 2.01. The van der Waals surface area contributed by atoms with Crippen molar-refractivity contribution in [3.05, 3.63) is 0 Å². The molecular weight excluding hydrogens is 192 g/mol. The Balaban J connectivity index is 4.09. The van der Waals surface area contributed by atoms with Crippen LogP contribution in [0.4, 0.5) is 0 Å². The van der Waals surface area contributed by atoms with Crippen molar-refractivity contribution in [2.45, 2.75) is 13.0 Å². The van der Waals surface area contributed by atoms with Gasteiger partial charge in [0.15, 0.2) is 0 Å². The van der Waals surface area contributed by atoms with E-state index in [9.17, 15) is 4.79 Å². The largest absolute Gasteiger partial charge is 0.392 e. The summed E-state index contributed by atoms with van der Waals surface area (Å²) in [6.45, 7) is 1.82. The Bertz CT molecular complexity index is 184. The van der Waals surface area contributed by atoms with Crippen LogP contribution in [0.5, 0.6) is 0 Å². The number of nitrogens with zero attached hydrogens (tertiary/aromatic N) is 1. The number of amides is 1. The molecule has 0 saturated heterocycles. The zero-order chi connectivity index (χ0) is 9.72. The predicted molar refractivity (Wildman–Crippen MR) is 57.4 cm³/mol. The lowest BCUT2D eigenvalue weighted by atomic mass is 10.3. The first-order chi connectivity index (χ1) is 5.50. The van der Waals surface area contributed by atoms with Crippen molar-refractivity contribution < 1.29 is 4.79 Å². The minimum atomic E-state index is -0.153. The third-order valence-electron chi connectivity index (χ3n) is 1.65. The normalized spacial score (nSPS) is 12.2. The van der Waals surface area contributed by atoms with Crippen molar-refractivity contribution in [3.63, 3.8) is 0 Å². The fraction of sp³-hybridized carbons (Fsp3) is 0.714. The van der Waals surface area contributed by atoms with Crippen LogP contribution in [-0.2, 0) is 4.79 Å². The van der Waals surface area contributed by atoms with Crippen LogP contribution in [0.3, 0.4) is 0 Å². The minimum absolute atomic E-state index is 0.0581. The maximum atomic E-state index is 11.3. The molecule has 0 aliphatic carbocycles. The van der Waals surface area contributed by atoms with Crippen molar-refractivity contribution in [1.82, 2.24) is 4.90 Å². The predicted octanol–water partition coefficient (Wildman–Crippen LogP) is 0.482. The van der Waals surface area contributed by atoms with Gasteiger partial charge in [0, 0.05) is 7.05 Å². The lowest BCUT2D eigenvalue weighted by molar-refractivity contribution is -0.127. The van der Waals surface area contributed by atoms with Crippen LogP contribution in [-0.4, -0.2) is 40.9 Å². The molecule has 1 atom stereocenters. The molecule has 0 aliphatic rings. The van der Waals surface area contributed by atoms with E-state index < -0.39 is 0 Å². The van der Waals surface area contributed by atoms with E-state index in [0.717, 1.165) is 0 Å². The van der Waals surface area contributed by atoms with E-state index in [1.807, 2.05) is 13.2 Å². The third kappa shape index (κ3) is 3.40. The number of thioether (sulfide) groups is 1. The van der Waals surface area contributed by atoms with Gasteiger partial charge in [-0.3, -0.25) is 4.79 Å². The smallest absolute Gasteiger partial charge is 0.232 e. The number of nitrogens with two attached hydrogens (primary N) is 1. The summed E-state index contributed by atoms with van der Waals surface area (Å²) in [7, 11) is 1.71. The van der Waals surface area contributed by atoms with Gasteiger partial charge in [0.25, 0.3) is 0 Å². The maximum Gasteiger partial charge on any atom is 0.232 e. The van der Waals surface area contributed by atoms with Gasteiger partial charge in [-0.1, -0.05) is 12.2 Å². The molecule has 1 amide bonds. The first-order valence-corrected chi connectivity index (χ1v) is 5.34. The van der Waals surface area contributed by atoms with Gasteiger partial charge in [0.2, 0.25) is 5.91 Å². The summed E-state index contributed by atoms with van der Waals surface area (Å²) >= 11 is 6.27. The molecule has 0 aromatic heterocycles. The Morgan fingerprint density at radius 2 is 2.25 bits per heavy atom. The highest BCUT2D eigenvalue weighted by atomic mass is 32.2. The Kier molecular flexibility index (Phi) is 5.24. The van der Waals surface area contributed by atoms with Crippen molar-refractivity contribution in [1.29, 1.82) is 0 Å². The second-order valence-corrected chi connectivity index (χ2v) is 3.85. The fourth-order valence-electron chi connectivity index (χ4n) is 0.632. The monoisotopic (exact) mass is 206 g/mol. The average molecular weight is 206 g/mol. The van der Waals surface area contributed by atoms with Gasteiger partial charge in [-0.2, -0.15) is 11.8 Å². The number of likely N-dealkylation sites (N-methyl/N-ethyl adjacent to an activating group) is 1. The average Bonchev–Trinajstić information content (AvgIpc) is 2.02. The van der Waals surface area contributed by atoms with Crippen LogP contribution in [0.1, 0.15) is 6.92 Å². The van der Waals surface area contributed by atoms with Gasteiger partial charge in [0.1, 0.15) is 0 Å². The molecule has 0 aliphatic heterocycles. The molecule has 2 N–H and O–H groups in total. The van der Waals surface area contributed by atoms with Crippen molar-refractivity contribution in [2.24, 2.45) is 5.73 Å². The van der Waals surface area contributed by atoms with Crippen LogP contribution < -0.4 is 5.73 Å². The second kappa shape index (κ2) is 5.37. The summed E-state index contributed by atoms with van der Waals surface area (Å²) in [6, 6.07) is -0.153. The summed E-state index contributed by atoms with van der Waals surface area (Å²) in [5, 5.41) is 0. The van der Waals surface area contributed by atoms with E-state index in [4.69, 9.17) is 18.0 Å². The Morgan fingerprint density at radius 3 is 2.58 bits per heavy atom. The summed E-state index contributed by atoms with van der Waals surface area (Å²) in [5.41, 5.74) is 5.40. The van der Waals surface area contributed by atoms with Crippen LogP contribution in [0.2, 0.25) is 0 Å². The number of hydrogen-bond donors (Lipinski definition) is 1. The summed E-state index contributed by atoms with van der Waals surface area (Å²) in [6.07, 6.45) is 1.89. The number of carbonyl (C=O) groups excluding carboxylic acids is 1. The van der Waals surface area contributed by atoms with Crippen molar-refractivity contribution >= 4 is 34.9 Å². The molecule has 0 radical (unpaired) electrons. The SMILES string of the molecule is CSCC(=O)N(C)C(C)C(N)=S.